The fourth-order valence-electron chi connectivity index (χ4n) is 2.96. The summed E-state index contributed by atoms with van der Waals surface area (Å²) >= 11 is 0. The number of aromatic nitrogens is 3. The number of nitriles is 1. The van der Waals surface area contributed by atoms with Crippen LogP contribution in [0, 0.1) is 35.8 Å². The Labute approximate surface area is 196 Å². The van der Waals surface area contributed by atoms with Crippen LogP contribution in [0.5, 0.6) is 11.8 Å². The highest BCUT2D eigenvalue weighted by Crippen LogP contribution is 2.35. The molecule has 3 rings (SSSR count). The number of amides is 1. The molecule has 3 aromatic rings. The van der Waals surface area contributed by atoms with E-state index in [0.29, 0.717) is 0 Å². The number of anilines is 1. The second kappa shape index (κ2) is 9.26. The number of benzene rings is 1. The second-order valence-corrected chi connectivity index (χ2v) is 9.47. The average Bonchev–Trinajstić information content (AvgIpc) is 2.76. The Morgan fingerprint density at radius 1 is 1.20 bits per heavy atom. The number of ether oxygens (including phenoxy) is 1. The number of carbonyl (C=O) groups is 1. The van der Waals surface area contributed by atoms with E-state index < -0.39 is 56.2 Å². The predicted molar refractivity (Wildman–Crippen MR) is 115 cm³/mol. The first-order chi connectivity index (χ1) is 16.2. The van der Waals surface area contributed by atoms with Gasteiger partial charge in [0.25, 0.3) is 11.8 Å². The van der Waals surface area contributed by atoms with Crippen molar-refractivity contribution in [3.63, 3.8) is 0 Å². The molecule has 1 atom stereocenters. The van der Waals surface area contributed by atoms with Crippen LogP contribution in [0.1, 0.15) is 32.7 Å². The number of hydrogen-bond donors (Lipinski definition) is 2. The lowest BCUT2D eigenvalue weighted by Gasteiger charge is -2.16. The molecule has 9 nitrogen and oxygen atoms in total. The monoisotopic (exact) mass is 508 g/mol. The molecule has 2 aromatic heterocycles. The normalized spacial score (nSPS) is 13.0. The zero-order valence-electron chi connectivity index (χ0n) is 18.3. The molecule has 0 saturated heterocycles. The van der Waals surface area contributed by atoms with Crippen LogP contribution in [0.2, 0.25) is 0 Å². The summed E-state index contributed by atoms with van der Waals surface area (Å²) < 4.78 is 79.7. The topological polar surface area (TPSA) is 142 Å². The van der Waals surface area contributed by atoms with Crippen molar-refractivity contribution in [1.82, 2.24) is 15.2 Å². The summed E-state index contributed by atoms with van der Waals surface area (Å²) in [7, 11) is -3.14. The van der Waals surface area contributed by atoms with Crippen LogP contribution < -0.4 is 10.1 Å². The highest BCUT2D eigenvalue weighted by Gasteiger charge is 2.38. The average molecular weight is 508 g/mol. The molecular formula is C21H16F4N6O3S. The van der Waals surface area contributed by atoms with Crippen molar-refractivity contribution in [1.29, 1.82) is 10.0 Å². The zero-order valence-corrected chi connectivity index (χ0v) is 19.1. The van der Waals surface area contributed by atoms with Gasteiger partial charge in [-0.3, -0.25) is 4.79 Å². The predicted octanol–water partition coefficient (Wildman–Crippen LogP) is 4.60. The van der Waals surface area contributed by atoms with Crippen LogP contribution in [0.15, 0.2) is 35.4 Å². The Bertz CT molecular complexity index is 1480. The molecule has 0 fully saturated rings. The van der Waals surface area contributed by atoms with Gasteiger partial charge in [-0.1, -0.05) is 6.07 Å². The molecule has 0 saturated carbocycles. The van der Waals surface area contributed by atoms with Gasteiger partial charge in [-0.15, -0.1) is 10.2 Å². The minimum atomic E-state index is -4.95. The van der Waals surface area contributed by atoms with Crippen LogP contribution in [0.3, 0.4) is 0 Å². The lowest BCUT2D eigenvalue weighted by atomic mass is 10.1. The Hall–Kier alpha value is -4.12. The van der Waals surface area contributed by atoms with Crippen molar-refractivity contribution in [2.75, 3.05) is 11.6 Å². The van der Waals surface area contributed by atoms with Crippen molar-refractivity contribution < 1.29 is 31.3 Å². The second-order valence-electron chi connectivity index (χ2n) is 7.31. The summed E-state index contributed by atoms with van der Waals surface area (Å²) in [4.78, 5) is 16.9. The summed E-state index contributed by atoms with van der Waals surface area (Å²) in [6.45, 7) is 2.20. The number of alkyl halides is 3. The molecule has 0 bridgehead atoms. The minimum Gasteiger partial charge on any atom is -0.418 e. The third-order valence-electron chi connectivity index (χ3n) is 4.73. The van der Waals surface area contributed by atoms with Gasteiger partial charge in [0, 0.05) is 22.4 Å². The van der Waals surface area contributed by atoms with Crippen LogP contribution in [0.25, 0.3) is 0 Å². The Morgan fingerprint density at radius 3 is 2.49 bits per heavy atom. The van der Waals surface area contributed by atoms with E-state index in [1.165, 1.54) is 37.4 Å². The molecule has 0 aliphatic rings. The van der Waals surface area contributed by atoms with E-state index in [1.54, 1.807) is 6.07 Å². The van der Waals surface area contributed by atoms with E-state index in [2.05, 4.69) is 20.5 Å². The standard InChI is InChI=1S/C21H16F4N6O3S/c1-10-15(18(32)29-13-5-4-6-14(7-13)35(3,27)33)20(31-30-17(10)21(23,24)25)34-19-11(2)16(22)12(8-26)9-28-19/h4-7,9,27H,1-3H3,(H,29,32). The van der Waals surface area contributed by atoms with Crippen LogP contribution in [-0.4, -0.2) is 31.6 Å². The molecule has 2 heterocycles. The Kier molecular flexibility index (Phi) is 6.75. The first kappa shape index (κ1) is 25.5. The first-order valence-corrected chi connectivity index (χ1v) is 11.5. The molecule has 0 aliphatic carbocycles. The van der Waals surface area contributed by atoms with E-state index in [1.807, 2.05) is 0 Å². The number of nitrogens with one attached hydrogen (secondary N) is 2. The zero-order chi connectivity index (χ0) is 26.1. The highest BCUT2D eigenvalue weighted by molar-refractivity contribution is 7.91. The molecule has 2 N–H and O–H groups in total. The maximum absolute atomic E-state index is 14.3. The molecule has 0 aliphatic heterocycles. The van der Waals surface area contributed by atoms with Crippen molar-refractivity contribution in [2.45, 2.75) is 24.9 Å². The lowest BCUT2D eigenvalue weighted by molar-refractivity contribution is -0.142. The lowest BCUT2D eigenvalue weighted by Crippen LogP contribution is -2.21. The maximum atomic E-state index is 14.3. The van der Waals surface area contributed by atoms with Gasteiger partial charge in [0.15, 0.2) is 11.5 Å². The van der Waals surface area contributed by atoms with E-state index in [-0.39, 0.29) is 21.7 Å². The number of halogens is 4. The van der Waals surface area contributed by atoms with E-state index in [4.69, 9.17) is 14.8 Å². The molecule has 182 valence electrons. The van der Waals surface area contributed by atoms with Crippen LogP contribution in [-0.2, 0) is 15.9 Å². The molecule has 1 aromatic carbocycles. The number of nitrogens with zero attached hydrogens (tertiary/aromatic N) is 4. The molecule has 1 amide bonds. The van der Waals surface area contributed by atoms with Gasteiger partial charge in [0.05, 0.1) is 15.9 Å². The summed E-state index contributed by atoms with van der Waals surface area (Å²) in [6.07, 6.45) is -2.92. The molecule has 0 radical (unpaired) electrons. The minimum absolute atomic E-state index is 0.0452. The van der Waals surface area contributed by atoms with E-state index >= 15 is 0 Å². The molecule has 35 heavy (non-hydrogen) atoms. The number of carbonyl (C=O) groups excluding carboxylic acids is 1. The van der Waals surface area contributed by atoms with Gasteiger partial charge >= 0.3 is 6.18 Å². The maximum Gasteiger partial charge on any atom is 0.435 e. The first-order valence-electron chi connectivity index (χ1n) is 9.56. The molecule has 14 heteroatoms. The van der Waals surface area contributed by atoms with Crippen LogP contribution in [0.4, 0.5) is 23.2 Å². The summed E-state index contributed by atoms with van der Waals surface area (Å²) in [5, 5.41) is 17.8. The quantitative estimate of drug-likeness (QED) is 0.480. The summed E-state index contributed by atoms with van der Waals surface area (Å²) in [6, 6.07) is 7.01. The third-order valence-corrected chi connectivity index (χ3v) is 5.89. The largest absolute Gasteiger partial charge is 0.435 e. The number of pyridine rings is 1. The van der Waals surface area contributed by atoms with Crippen molar-refractivity contribution in [3.8, 4) is 17.8 Å². The number of hydrogen-bond acceptors (Lipinski definition) is 8. The van der Waals surface area contributed by atoms with Gasteiger partial charge in [-0.05, 0) is 37.6 Å². The molecular weight excluding hydrogens is 492 g/mol. The van der Waals surface area contributed by atoms with Gasteiger partial charge in [0.2, 0.25) is 5.88 Å². The highest BCUT2D eigenvalue weighted by atomic mass is 32.2. The fraction of sp³-hybridized carbons (Fsp3) is 0.190. The number of rotatable bonds is 5. The van der Waals surface area contributed by atoms with Crippen LogP contribution >= 0.6 is 0 Å². The smallest absolute Gasteiger partial charge is 0.418 e. The third kappa shape index (κ3) is 5.35. The summed E-state index contributed by atoms with van der Waals surface area (Å²) in [5.41, 5.74) is -3.31. The summed E-state index contributed by atoms with van der Waals surface area (Å²) in [5.74, 6) is -3.18. The van der Waals surface area contributed by atoms with E-state index in [9.17, 15) is 26.6 Å². The van der Waals surface area contributed by atoms with E-state index in [0.717, 1.165) is 13.1 Å². The molecule has 1 unspecified atom stereocenters. The van der Waals surface area contributed by atoms with Gasteiger partial charge in [0.1, 0.15) is 17.2 Å². The van der Waals surface area contributed by atoms with Gasteiger partial charge in [-0.25, -0.2) is 18.4 Å². The van der Waals surface area contributed by atoms with Crippen molar-refractivity contribution >= 4 is 21.3 Å². The van der Waals surface area contributed by atoms with Crippen molar-refractivity contribution in [2.24, 2.45) is 0 Å². The Morgan fingerprint density at radius 2 is 1.89 bits per heavy atom. The SMILES string of the molecule is Cc1c(Oc2nnc(C(F)(F)F)c(C)c2C(=O)Nc2cccc(S(C)(=N)=O)c2)ncc(C#N)c1F. The molecule has 0 spiro atoms. The van der Waals surface area contributed by atoms with Gasteiger partial charge in [-0.2, -0.15) is 18.4 Å². The Balaban J connectivity index is 2.11. The van der Waals surface area contributed by atoms with Crippen molar-refractivity contribution in [3.05, 3.63) is 64.2 Å². The fourth-order valence-corrected chi connectivity index (χ4v) is 3.65. The van der Waals surface area contributed by atoms with Gasteiger partial charge < -0.3 is 10.1 Å².